The number of carboxylic acids is 1. The van der Waals surface area contributed by atoms with Crippen LogP contribution in [0.3, 0.4) is 0 Å². The van der Waals surface area contributed by atoms with E-state index < -0.39 is 5.97 Å². The summed E-state index contributed by atoms with van der Waals surface area (Å²) < 4.78 is 6.17. The second-order valence-electron chi connectivity index (χ2n) is 3.35. The lowest BCUT2D eigenvalue weighted by molar-refractivity contribution is 0.0693. The maximum absolute atomic E-state index is 11.0. The van der Waals surface area contributed by atoms with E-state index in [0.717, 1.165) is 0 Å². The summed E-state index contributed by atoms with van der Waals surface area (Å²) >= 11 is 9.11. The molecule has 1 N–H and O–H groups in total. The van der Waals surface area contributed by atoms with Crippen LogP contribution < -0.4 is 4.74 Å². The number of hydrogen-bond acceptors (Lipinski definition) is 3. The van der Waals surface area contributed by atoms with Crippen molar-refractivity contribution in [2.24, 2.45) is 0 Å². The first-order chi connectivity index (χ1) is 8.58. The van der Waals surface area contributed by atoms with Gasteiger partial charge in [-0.15, -0.1) is 0 Å². The Morgan fingerprint density at radius 3 is 2.78 bits per heavy atom. The van der Waals surface area contributed by atoms with Crippen LogP contribution in [-0.2, 0) is 0 Å². The Balaban J connectivity index is 2.37. The molecule has 4 nitrogen and oxygen atoms in total. The zero-order valence-corrected chi connectivity index (χ0v) is 11.3. The van der Waals surface area contributed by atoms with Crippen molar-refractivity contribution in [1.82, 2.24) is 4.98 Å². The van der Waals surface area contributed by atoms with Gasteiger partial charge in [-0.3, -0.25) is 4.98 Å². The third-order valence-corrected chi connectivity index (χ3v) is 2.98. The SMILES string of the molecule is O=C(O)c1cnccc1Oc1ccc(Cl)cc1Br. The quantitative estimate of drug-likeness (QED) is 0.925. The van der Waals surface area contributed by atoms with E-state index in [1.165, 1.54) is 18.5 Å². The Kier molecular flexibility index (Phi) is 3.84. The van der Waals surface area contributed by atoms with Crippen LogP contribution in [-0.4, -0.2) is 16.1 Å². The molecule has 92 valence electrons. The molecule has 0 aliphatic heterocycles. The lowest BCUT2D eigenvalue weighted by atomic mass is 10.2. The second kappa shape index (κ2) is 5.37. The van der Waals surface area contributed by atoms with Gasteiger partial charge in [0.15, 0.2) is 0 Å². The second-order valence-corrected chi connectivity index (χ2v) is 4.64. The average Bonchev–Trinajstić information content (AvgIpc) is 2.33. The predicted octanol–water partition coefficient (Wildman–Crippen LogP) is 3.99. The van der Waals surface area contributed by atoms with Gasteiger partial charge in [-0.2, -0.15) is 0 Å². The van der Waals surface area contributed by atoms with E-state index in [2.05, 4.69) is 20.9 Å². The van der Waals surface area contributed by atoms with Crippen molar-refractivity contribution < 1.29 is 14.6 Å². The van der Waals surface area contributed by atoms with Crippen LogP contribution >= 0.6 is 27.5 Å². The number of aromatic nitrogens is 1. The Labute approximate surface area is 116 Å². The van der Waals surface area contributed by atoms with Crippen molar-refractivity contribution in [1.29, 1.82) is 0 Å². The fraction of sp³-hybridized carbons (Fsp3) is 0. The summed E-state index contributed by atoms with van der Waals surface area (Å²) in [6, 6.07) is 6.46. The highest BCUT2D eigenvalue weighted by molar-refractivity contribution is 9.10. The number of halogens is 2. The van der Waals surface area contributed by atoms with Gasteiger partial charge in [0.25, 0.3) is 0 Å². The topological polar surface area (TPSA) is 59.4 Å². The van der Waals surface area contributed by atoms with Gasteiger partial charge in [-0.25, -0.2) is 4.79 Å². The summed E-state index contributed by atoms with van der Waals surface area (Å²) in [7, 11) is 0. The Bertz CT molecular complexity index is 604. The molecule has 0 saturated carbocycles. The molecule has 0 bridgehead atoms. The van der Waals surface area contributed by atoms with E-state index in [1.54, 1.807) is 18.2 Å². The molecule has 2 aromatic rings. The summed E-state index contributed by atoms with van der Waals surface area (Å²) in [6.45, 7) is 0. The largest absolute Gasteiger partial charge is 0.477 e. The van der Waals surface area contributed by atoms with Crippen LogP contribution in [0.15, 0.2) is 41.1 Å². The molecule has 0 aliphatic rings. The fourth-order valence-corrected chi connectivity index (χ4v) is 2.07. The van der Waals surface area contributed by atoms with Crippen molar-refractivity contribution in [2.45, 2.75) is 0 Å². The lowest BCUT2D eigenvalue weighted by Gasteiger charge is -2.09. The first-order valence-electron chi connectivity index (χ1n) is 4.88. The highest BCUT2D eigenvalue weighted by atomic mass is 79.9. The number of carbonyl (C=O) groups is 1. The molecule has 0 radical (unpaired) electrons. The molecule has 0 unspecified atom stereocenters. The van der Waals surface area contributed by atoms with Gasteiger partial charge in [0.05, 0.1) is 4.47 Å². The molecule has 0 atom stereocenters. The van der Waals surface area contributed by atoms with E-state index in [4.69, 9.17) is 21.4 Å². The number of nitrogens with zero attached hydrogens (tertiary/aromatic N) is 1. The van der Waals surface area contributed by atoms with Gasteiger partial charge in [0, 0.05) is 23.5 Å². The molecule has 1 aromatic heterocycles. The number of ether oxygens (including phenoxy) is 1. The molecule has 2 rings (SSSR count). The highest BCUT2D eigenvalue weighted by Crippen LogP contribution is 2.32. The number of hydrogen-bond donors (Lipinski definition) is 1. The lowest BCUT2D eigenvalue weighted by Crippen LogP contribution is -2.00. The molecule has 6 heteroatoms. The average molecular weight is 329 g/mol. The summed E-state index contributed by atoms with van der Waals surface area (Å²) in [5, 5.41) is 9.56. The van der Waals surface area contributed by atoms with E-state index in [1.807, 2.05) is 0 Å². The van der Waals surface area contributed by atoms with Crippen molar-refractivity contribution in [2.75, 3.05) is 0 Å². The van der Waals surface area contributed by atoms with Crippen molar-refractivity contribution in [3.63, 3.8) is 0 Å². The van der Waals surface area contributed by atoms with Crippen LogP contribution in [0.25, 0.3) is 0 Å². The molecule has 18 heavy (non-hydrogen) atoms. The first kappa shape index (κ1) is 12.9. The van der Waals surface area contributed by atoms with Crippen LogP contribution in [0, 0.1) is 0 Å². The normalized spacial score (nSPS) is 10.1. The van der Waals surface area contributed by atoms with Crippen molar-refractivity contribution in [3.8, 4) is 11.5 Å². The summed E-state index contributed by atoms with van der Waals surface area (Å²) in [4.78, 5) is 14.7. The minimum Gasteiger partial charge on any atom is -0.477 e. The van der Waals surface area contributed by atoms with Crippen LogP contribution in [0.2, 0.25) is 5.02 Å². The number of pyridine rings is 1. The maximum atomic E-state index is 11.0. The van der Waals surface area contributed by atoms with Gasteiger partial charge >= 0.3 is 5.97 Å². The third-order valence-electron chi connectivity index (χ3n) is 2.13. The number of carboxylic acid groups (broad SMARTS) is 1. The fourth-order valence-electron chi connectivity index (χ4n) is 1.31. The molecular formula is C12H7BrClNO3. The van der Waals surface area contributed by atoms with Gasteiger partial charge in [-0.05, 0) is 34.1 Å². The predicted molar refractivity (Wildman–Crippen MR) is 70.4 cm³/mol. The summed E-state index contributed by atoms with van der Waals surface area (Å²) in [5.41, 5.74) is -0.000602. The molecule has 0 spiro atoms. The first-order valence-corrected chi connectivity index (χ1v) is 6.05. The highest BCUT2D eigenvalue weighted by Gasteiger charge is 2.13. The van der Waals surface area contributed by atoms with E-state index in [-0.39, 0.29) is 11.3 Å². The van der Waals surface area contributed by atoms with E-state index in [9.17, 15) is 4.79 Å². The molecule has 0 fully saturated rings. The van der Waals surface area contributed by atoms with Crippen LogP contribution in [0.1, 0.15) is 10.4 Å². The van der Waals surface area contributed by atoms with Crippen molar-refractivity contribution >= 4 is 33.5 Å². The summed E-state index contributed by atoms with van der Waals surface area (Å²) in [5.74, 6) is -0.392. The number of aromatic carboxylic acids is 1. The minimum absolute atomic E-state index is 0.000602. The zero-order chi connectivity index (χ0) is 13.1. The van der Waals surface area contributed by atoms with Gasteiger partial charge in [0.1, 0.15) is 17.1 Å². The van der Waals surface area contributed by atoms with E-state index in [0.29, 0.717) is 15.2 Å². The van der Waals surface area contributed by atoms with Gasteiger partial charge in [-0.1, -0.05) is 11.6 Å². The maximum Gasteiger partial charge on any atom is 0.341 e. The van der Waals surface area contributed by atoms with E-state index >= 15 is 0 Å². The van der Waals surface area contributed by atoms with Gasteiger partial charge in [0.2, 0.25) is 0 Å². The standard InChI is InChI=1S/C12H7BrClNO3/c13-9-5-7(14)1-2-11(9)18-10-3-4-15-6-8(10)12(16)17/h1-6H,(H,16,17). The minimum atomic E-state index is -1.09. The van der Waals surface area contributed by atoms with Crippen LogP contribution in [0.5, 0.6) is 11.5 Å². The summed E-state index contributed by atoms with van der Waals surface area (Å²) in [6.07, 6.45) is 2.70. The van der Waals surface area contributed by atoms with Gasteiger partial charge < -0.3 is 9.84 Å². The molecule has 0 saturated heterocycles. The molecule has 0 amide bonds. The van der Waals surface area contributed by atoms with Crippen LogP contribution in [0.4, 0.5) is 0 Å². The van der Waals surface area contributed by atoms with Crippen molar-refractivity contribution in [3.05, 3.63) is 51.7 Å². The molecule has 1 heterocycles. The molecular weight excluding hydrogens is 321 g/mol. The zero-order valence-electron chi connectivity index (χ0n) is 8.93. The Morgan fingerprint density at radius 1 is 1.33 bits per heavy atom. The molecule has 1 aromatic carbocycles. The molecule has 0 aliphatic carbocycles. The third kappa shape index (κ3) is 2.80. The Morgan fingerprint density at radius 2 is 2.11 bits per heavy atom. The smallest absolute Gasteiger partial charge is 0.341 e. The number of benzene rings is 1. The Hall–Kier alpha value is -1.59. The monoisotopic (exact) mass is 327 g/mol. The number of rotatable bonds is 3.